The second kappa shape index (κ2) is 5.24. The first-order chi connectivity index (χ1) is 8.61. The summed E-state index contributed by atoms with van der Waals surface area (Å²) in [6.45, 7) is 1.98. The molecule has 96 valence electrons. The van der Waals surface area contributed by atoms with Crippen LogP contribution >= 0.6 is 0 Å². The van der Waals surface area contributed by atoms with E-state index in [0.29, 0.717) is 29.9 Å². The average molecular weight is 251 g/mol. The fourth-order valence-corrected chi connectivity index (χ4v) is 1.55. The van der Waals surface area contributed by atoms with Crippen LogP contribution in [0.2, 0.25) is 0 Å². The molecular formula is C12H14FN3O2. The Hall–Kier alpha value is -1.79. The summed E-state index contributed by atoms with van der Waals surface area (Å²) in [7, 11) is 0. The molecule has 0 fully saturated rings. The quantitative estimate of drug-likeness (QED) is 0.861. The Morgan fingerprint density at radius 1 is 1.50 bits per heavy atom. The molecule has 0 aliphatic heterocycles. The maximum Gasteiger partial charge on any atom is 0.255 e. The lowest BCUT2D eigenvalue weighted by Gasteiger charge is -2.01. The fraction of sp³-hybridized carbons (Fsp3) is 0.333. The Morgan fingerprint density at radius 3 is 2.94 bits per heavy atom. The second-order valence-electron chi connectivity index (χ2n) is 4.01. The van der Waals surface area contributed by atoms with E-state index in [1.807, 2.05) is 0 Å². The molecule has 0 bridgehead atoms. The molecule has 0 aliphatic carbocycles. The number of rotatable bonds is 4. The predicted molar refractivity (Wildman–Crippen MR) is 63.1 cm³/mol. The van der Waals surface area contributed by atoms with Gasteiger partial charge in [0, 0.05) is 5.56 Å². The zero-order valence-electron chi connectivity index (χ0n) is 9.93. The van der Waals surface area contributed by atoms with Gasteiger partial charge >= 0.3 is 0 Å². The Morgan fingerprint density at radius 2 is 2.28 bits per heavy atom. The summed E-state index contributed by atoms with van der Waals surface area (Å²) >= 11 is 0. The summed E-state index contributed by atoms with van der Waals surface area (Å²) in [6, 6.07) is 4.53. The molecule has 0 aliphatic rings. The van der Waals surface area contributed by atoms with Gasteiger partial charge in [-0.15, -0.1) is 0 Å². The zero-order chi connectivity index (χ0) is 13.1. The van der Waals surface area contributed by atoms with E-state index >= 15 is 0 Å². The standard InChI is InChI=1S/C12H14FN3O2/c1-7-6-8(2-3-9(7)13)11-15-12(18-16-11)10(17)4-5-14/h2-3,6,10,17H,4-5,14H2,1H3/t10-/m0/s1. The number of aliphatic hydroxyl groups excluding tert-OH is 1. The summed E-state index contributed by atoms with van der Waals surface area (Å²) < 4.78 is 18.1. The van der Waals surface area contributed by atoms with Crippen molar-refractivity contribution in [2.75, 3.05) is 6.54 Å². The van der Waals surface area contributed by atoms with Gasteiger partial charge in [-0.2, -0.15) is 4.98 Å². The van der Waals surface area contributed by atoms with E-state index in [2.05, 4.69) is 10.1 Å². The van der Waals surface area contributed by atoms with Gasteiger partial charge in [-0.25, -0.2) is 4.39 Å². The Bertz CT molecular complexity index is 542. The summed E-state index contributed by atoms with van der Waals surface area (Å²) in [5, 5.41) is 13.4. The number of aliphatic hydroxyl groups is 1. The highest BCUT2D eigenvalue weighted by Crippen LogP contribution is 2.21. The lowest BCUT2D eigenvalue weighted by atomic mass is 10.1. The number of benzene rings is 1. The third kappa shape index (κ3) is 2.55. The maximum absolute atomic E-state index is 13.1. The average Bonchev–Trinajstić information content (AvgIpc) is 2.82. The van der Waals surface area contributed by atoms with Gasteiger partial charge in [-0.3, -0.25) is 0 Å². The van der Waals surface area contributed by atoms with Crippen molar-refractivity contribution in [1.82, 2.24) is 10.1 Å². The smallest absolute Gasteiger partial charge is 0.255 e. The Kier molecular flexibility index (Phi) is 3.69. The minimum Gasteiger partial charge on any atom is -0.383 e. The van der Waals surface area contributed by atoms with Gasteiger partial charge in [0.05, 0.1) is 0 Å². The first-order valence-corrected chi connectivity index (χ1v) is 5.60. The van der Waals surface area contributed by atoms with Crippen LogP contribution in [0.4, 0.5) is 4.39 Å². The minimum absolute atomic E-state index is 0.123. The third-order valence-corrected chi connectivity index (χ3v) is 2.58. The van der Waals surface area contributed by atoms with E-state index < -0.39 is 6.10 Å². The van der Waals surface area contributed by atoms with Crippen LogP contribution in [0, 0.1) is 12.7 Å². The highest BCUT2D eigenvalue weighted by Gasteiger charge is 2.16. The summed E-state index contributed by atoms with van der Waals surface area (Å²) in [5.74, 6) is 0.159. The molecule has 0 amide bonds. The molecular weight excluding hydrogens is 237 g/mol. The van der Waals surface area contributed by atoms with Crippen molar-refractivity contribution in [3.8, 4) is 11.4 Å². The molecule has 0 radical (unpaired) electrons. The van der Waals surface area contributed by atoms with Crippen molar-refractivity contribution >= 4 is 0 Å². The van der Waals surface area contributed by atoms with Crippen LogP contribution in [0.15, 0.2) is 22.7 Å². The number of aromatic nitrogens is 2. The third-order valence-electron chi connectivity index (χ3n) is 2.58. The molecule has 3 N–H and O–H groups in total. The van der Waals surface area contributed by atoms with Gasteiger partial charge < -0.3 is 15.4 Å². The van der Waals surface area contributed by atoms with Crippen molar-refractivity contribution in [2.45, 2.75) is 19.4 Å². The van der Waals surface area contributed by atoms with Crippen molar-refractivity contribution in [2.24, 2.45) is 5.73 Å². The van der Waals surface area contributed by atoms with E-state index in [0.717, 1.165) is 0 Å². The monoisotopic (exact) mass is 251 g/mol. The first-order valence-electron chi connectivity index (χ1n) is 5.60. The molecule has 1 atom stereocenters. The van der Waals surface area contributed by atoms with Crippen LogP contribution in [0.5, 0.6) is 0 Å². The van der Waals surface area contributed by atoms with E-state index in [1.54, 1.807) is 19.1 Å². The van der Waals surface area contributed by atoms with E-state index in [-0.39, 0.29) is 11.7 Å². The van der Waals surface area contributed by atoms with Gasteiger partial charge in [0.15, 0.2) is 0 Å². The lowest BCUT2D eigenvalue weighted by molar-refractivity contribution is 0.127. The number of hydrogen-bond donors (Lipinski definition) is 2. The van der Waals surface area contributed by atoms with Crippen LogP contribution in [-0.4, -0.2) is 21.8 Å². The minimum atomic E-state index is -0.863. The number of nitrogens with two attached hydrogens (primary N) is 1. The van der Waals surface area contributed by atoms with Crippen molar-refractivity contribution in [3.63, 3.8) is 0 Å². The van der Waals surface area contributed by atoms with Gasteiger partial charge in [0.2, 0.25) is 5.82 Å². The Balaban J connectivity index is 2.26. The highest BCUT2D eigenvalue weighted by molar-refractivity contribution is 5.55. The van der Waals surface area contributed by atoms with E-state index in [4.69, 9.17) is 10.3 Å². The molecule has 2 rings (SSSR count). The highest BCUT2D eigenvalue weighted by atomic mass is 19.1. The number of hydrogen-bond acceptors (Lipinski definition) is 5. The van der Waals surface area contributed by atoms with Crippen LogP contribution in [-0.2, 0) is 0 Å². The normalized spacial score (nSPS) is 12.7. The SMILES string of the molecule is Cc1cc(-c2noc([C@@H](O)CCN)n2)ccc1F. The number of halogens is 1. The Labute approximate surface area is 103 Å². The molecule has 5 nitrogen and oxygen atoms in total. The first kappa shape index (κ1) is 12.7. The van der Waals surface area contributed by atoms with Crippen LogP contribution in [0.1, 0.15) is 24.0 Å². The molecule has 0 unspecified atom stereocenters. The number of aryl methyl sites for hydroxylation is 1. The fourth-order valence-electron chi connectivity index (χ4n) is 1.55. The summed E-state index contributed by atoms with van der Waals surface area (Å²) in [4.78, 5) is 4.06. The van der Waals surface area contributed by atoms with Crippen LogP contribution in [0.3, 0.4) is 0 Å². The molecule has 1 heterocycles. The summed E-state index contributed by atoms with van der Waals surface area (Å²) in [6.07, 6.45) is -0.512. The topological polar surface area (TPSA) is 85.2 Å². The van der Waals surface area contributed by atoms with Crippen molar-refractivity contribution < 1.29 is 14.0 Å². The molecule has 1 aromatic carbocycles. The molecule has 1 aromatic heterocycles. The molecule has 0 saturated heterocycles. The molecule has 18 heavy (non-hydrogen) atoms. The molecule has 0 saturated carbocycles. The van der Waals surface area contributed by atoms with Crippen LogP contribution < -0.4 is 5.73 Å². The molecule has 6 heteroatoms. The van der Waals surface area contributed by atoms with Gasteiger partial charge in [0.1, 0.15) is 11.9 Å². The largest absolute Gasteiger partial charge is 0.383 e. The number of nitrogens with zero attached hydrogens (tertiary/aromatic N) is 2. The molecule has 0 spiro atoms. The predicted octanol–water partition coefficient (Wildman–Crippen LogP) is 1.57. The van der Waals surface area contributed by atoms with Gasteiger partial charge in [0.25, 0.3) is 5.89 Å². The van der Waals surface area contributed by atoms with E-state index in [9.17, 15) is 9.50 Å². The van der Waals surface area contributed by atoms with Crippen molar-refractivity contribution in [1.29, 1.82) is 0 Å². The zero-order valence-corrected chi connectivity index (χ0v) is 9.93. The van der Waals surface area contributed by atoms with Gasteiger partial charge in [-0.05, 0) is 43.7 Å². The van der Waals surface area contributed by atoms with E-state index in [1.165, 1.54) is 6.07 Å². The van der Waals surface area contributed by atoms with Crippen molar-refractivity contribution in [3.05, 3.63) is 35.5 Å². The maximum atomic E-state index is 13.1. The second-order valence-corrected chi connectivity index (χ2v) is 4.01. The van der Waals surface area contributed by atoms with Gasteiger partial charge in [-0.1, -0.05) is 5.16 Å². The molecule has 2 aromatic rings. The van der Waals surface area contributed by atoms with Crippen LogP contribution in [0.25, 0.3) is 11.4 Å². The summed E-state index contributed by atoms with van der Waals surface area (Å²) in [5.41, 5.74) is 6.47. The lowest BCUT2D eigenvalue weighted by Crippen LogP contribution is -2.06.